The Morgan fingerprint density at radius 2 is 0.917 bits per heavy atom. The van der Waals surface area contributed by atoms with Gasteiger partial charge in [0.05, 0.1) is 9.79 Å². The quantitative estimate of drug-likeness (QED) is 0.327. The van der Waals surface area contributed by atoms with Crippen LogP contribution in [0.3, 0.4) is 0 Å². The average Bonchev–Trinajstić information content (AvgIpc) is 2.87. The van der Waals surface area contributed by atoms with Gasteiger partial charge in [-0.15, -0.1) is 0 Å². The van der Waals surface area contributed by atoms with Crippen molar-refractivity contribution in [3.05, 3.63) is 127 Å². The second kappa shape index (κ2) is 10.3. The van der Waals surface area contributed by atoms with Crippen LogP contribution in [0, 0.1) is 0 Å². The fraction of sp³-hybridized carbons (Fsp3) is 0.0769. The van der Waals surface area contributed by atoms with Gasteiger partial charge in [-0.1, -0.05) is 72.8 Å². The molecule has 186 valence electrons. The molecule has 0 aromatic heterocycles. The molecule has 0 bridgehead atoms. The van der Waals surface area contributed by atoms with Crippen LogP contribution in [0.25, 0.3) is 0 Å². The molecular formula is C26H22O7S3. The molecule has 0 unspecified atom stereocenters. The zero-order chi connectivity index (χ0) is 25.8. The van der Waals surface area contributed by atoms with Crippen molar-refractivity contribution in [2.45, 2.75) is 25.2 Å². The van der Waals surface area contributed by atoms with Gasteiger partial charge in [0.2, 0.25) is 0 Å². The molecule has 0 saturated carbocycles. The molecule has 0 aliphatic heterocycles. The van der Waals surface area contributed by atoms with E-state index >= 15 is 0 Å². The van der Waals surface area contributed by atoms with Gasteiger partial charge in [-0.25, -0.2) is 16.8 Å². The average molecular weight is 543 g/mol. The predicted octanol–water partition coefficient (Wildman–Crippen LogP) is 4.09. The van der Waals surface area contributed by atoms with Gasteiger partial charge in [0.1, 0.15) is 21.2 Å². The van der Waals surface area contributed by atoms with Crippen LogP contribution in [0.2, 0.25) is 0 Å². The molecule has 10 heteroatoms. The van der Waals surface area contributed by atoms with Crippen molar-refractivity contribution in [3.8, 4) is 0 Å². The first kappa shape index (κ1) is 25.6. The lowest BCUT2D eigenvalue weighted by Crippen LogP contribution is -2.23. The van der Waals surface area contributed by atoms with Gasteiger partial charge in [-0.05, 0) is 48.6 Å². The van der Waals surface area contributed by atoms with Crippen molar-refractivity contribution in [3.63, 3.8) is 0 Å². The van der Waals surface area contributed by atoms with Gasteiger partial charge < -0.3 is 4.18 Å². The largest absolute Gasteiger partial charge is 0.379 e. The molecule has 0 radical (unpaired) electrons. The first-order chi connectivity index (χ1) is 17.1. The molecular weight excluding hydrogens is 520 g/mol. The van der Waals surface area contributed by atoms with Crippen molar-refractivity contribution in [2.75, 3.05) is 0 Å². The molecule has 4 rings (SSSR count). The van der Waals surface area contributed by atoms with Crippen LogP contribution in [0.4, 0.5) is 0 Å². The standard InChI is InChI=1S/C26H22O7S3/c27-34(28,22-10-4-1-5-11-22)24-17-16-21(33-36(31,32)25-14-8-3-9-15-25)20-26(19-18-24)35(29,30)23-12-6-2-7-13-23/h1-20,24,26H/t24-,26+/m0/s1. The minimum atomic E-state index is -4.31. The van der Waals surface area contributed by atoms with Crippen LogP contribution in [-0.4, -0.2) is 35.8 Å². The van der Waals surface area contributed by atoms with Gasteiger partial charge in [-0.2, -0.15) is 8.42 Å². The highest BCUT2D eigenvalue weighted by Gasteiger charge is 2.30. The zero-order valence-corrected chi connectivity index (χ0v) is 21.2. The summed E-state index contributed by atoms with van der Waals surface area (Å²) in [5, 5.41) is -2.65. The van der Waals surface area contributed by atoms with Crippen LogP contribution in [0.1, 0.15) is 0 Å². The third-order valence-electron chi connectivity index (χ3n) is 5.37. The number of hydrogen-bond donors (Lipinski definition) is 0. The van der Waals surface area contributed by atoms with E-state index in [0.717, 1.165) is 6.08 Å². The predicted molar refractivity (Wildman–Crippen MR) is 136 cm³/mol. The van der Waals surface area contributed by atoms with Crippen molar-refractivity contribution < 1.29 is 29.4 Å². The van der Waals surface area contributed by atoms with E-state index < -0.39 is 40.3 Å². The highest BCUT2D eigenvalue weighted by atomic mass is 32.2. The van der Waals surface area contributed by atoms with Crippen LogP contribution in [0.15, 0.2) is 142 Å². The molecule has 0 amide bonds. The smallest absolute Gasteiger partial charge is 0.339 e. The molecule has 0 heterocycles. The fourth-order valence-electron chi connectivity index (χ4n) is 3.50. The Morgan fingerprint density at radius 1 is 0.500 bits per heavy atom. The molecule has 0 fully saturated rings. The van der Waals surface area contributed by atoms with E-state index in [4.69, 9.17) is 4.18 Å². The van der Waals surface area contributed by atoms with Crippen LogP contribution < -0.4 is 0 Å². The van der Waals surface area contributed by atoms with Gasteiger partial charge in [0.25, 0.3) is 0 Å². The lowest BCUT2D eigenvalue weighted by Gasteiger charge is -2.17. The topological polar surface area (TPSA) is 112 Å². The summed E-state index contributed by atoms with van der Waals surface area (Å²) in [6, 6.07) is 22.6. The molecule has 1 aliphatic carbocycles. The SMILES string of the molecule is O=S(=O)(OC1=C[C@H](S(=O)(=O)c2ccccc2)C=C[C@@H](S(=O)(=O)c2ccccc2)C=C1)c1ccccc1. The van der Waals surface area contributed by atoms with Crippen LogP contribution in [-0.2, 0) is 34.0 Å². The van der Waals surface area contributed by atoms with Gasteiger partial charge in [0.15, 0.2) is 19.7 Å². The summed E-state index contributed by atoms with van der Waals surface area (Å²) in [7, 11) is -12.3. The summed E-state index contributed by atoms with van der Waals surface area (Å²) >= 11 is 0. The third kappa shape index (κ3) is 5.51. The van der Waals surface area contributed by atoms with E-state index in [0.29, 0.717) is 0 Å². The maximum absolute atomic E-state index is 13.4. The van der Waals surface area contributed by atoms with Gasteiger partial charge in [0, 0.05) is 0 Å². The van der Waals surface area contributed by atoms with E-state index in [1.807, 2.05) is 0 Å². The molecule has 0 N–H and O–H groups in total. The van der Waals surface area contributed by atoms with Crippen LogP contribution >= 0.6 is 0 Å². The Labute approximate surface area is 211 Å². The molecule has 36 heavy (non-hydrogen) atoms. The normalized spacial score (nSPS) is 18.6. The van der Waals surface area contributed by atoms with Crippen molar-refractivity contribution in [1.82, 2.24) is 0 Å². The minimum Gasteiger partial charge on any atom is -0.379 e. The van der Waals surface area contributed by atoms with E-state index in [-0.39, 0.29) is 20.4 Å². The van der Waals surface area contributed by atoms with Crippen molar-refractivity contribution >= 4 is 29.8 Å². The second-order valence-electron chi connectivity index (χ2n) is 7.81. The van der Waals surface area contributed by atoms with E-state index in [2.05, 4.69) is 0 Å². The van der Waals surface area contributed by atoms with E-state index in [1.165, 1.54) is 72.8 Å². The van der Waals surface area contributed by atoms with Crippen molar-refractivity contribution in [1.29, 1.82) is 0 Å². The van der Waals surface area contributed by atoms with Crippen molar-refractivity contribution in [2.24, 2.45) is 0 Å². The molecule has 1 aliphatic rings. The highest BCUT2D eigenvalue weighted by molar-refractivity contribution is 7.92. The van der Waals surface area contributed by atoms with E-state index in [9.17, 15) is 25.3 Å². The Hall–Kier alpha value is -3.47. The molecule has 3 aromatic rings. The van der Waals surface area contributed by atoms with Crippen LogP contribution in [0.5, 0.6) is 0 Å². The lowest BCUT2D eigenvalue weighted by atomic mass is 10.2. The third-order valence-corrected chi connectivity index (χ3v) is 10.5. The summed E-state index contributed by atoms with van der Waals surface area (Å²) in [6.07, 6.45) is 6.08. The Balaban J connectivity index is 1.81. The van der Waals surface area contributed by atoms with E-state index in [1.54, 1.807) is 42.5 Å². The Morgan fingerprint density at radius 3 is 1.42 bits per heavy atom. The minimum absolute atomic E-state index is 0.00631. The summed E-state index contributed by atoms with van der Waals surface area (Å²) < 4.78 is 84.3. The summed E-state index contributed by atoms with van der Waals surface area (Å²) in [5.41, 5.74) is 0. The summed E-state index contributed by atoms with van der Waals surface area (Å²) in [6.45, 7) is 0. The number of allylic oxidation sites excluding steroid dienone is 1. The summed E-state index contributed by atoms with van der Waals surface area (Å²) in [5.74, 6) is -0.319. The number of rotatable bonds is 7. The first-order valence-corrected chi connectivity index (χ1v) is 15.3. The molecule has 0 spiro atoms. The molecule has 0 saturated heterocycles. The second-order valence-corrected chi connectivity index (χ2v) is 13.6. The lowest BCUT2D eigenvalue weighted by molar-refractivity contribution is 0.418. The number of sulfone groups is 2. The Kier molecular flexibility index (Phi) is 7.30. The first-order valence-electron chi connectivity index (χ1n) is 10.8. The number of benzene rings is 3. The maximum atomic E-state index is 13.4. The number of hydrogen-bond acceptors (Lipinski definition) is 7. The molecule has 3 aromatic carbocycles. The monoisotopic (exact) mass is 542 g/mol. The highest BCUT2D eigenvalue weighted by Crippen LogP contribution is 2.26. The Bertz CT molecular complexity index is 1620. The molecule has 2 atom stereocenters. The van der Waals surface area contributed by atoms with Gasteiger partial charge in [-0.3, -0.25) is 0 Å². The zero-order valence-electron chi connectivity index (χ0n) is 18.8. The van der Waals surface area contributed by atoms with Gasteiger partial charge >= 0.3 is 10.1 Å². The molecule has 7 nitrogen and oxygen atoms in total. The maximum Gasteiger partial charge on any atom is 0.339 e. The summed E-state index contributed by atoms with van der Waals surface area (Å²) in [4.78, 5) is -0.100. The fourth-order valence-corrected chi connectivity index (χ4v) is 7.34.